The first kappa shape index (κ1) is 22.1. The Morgan fingerprint density at radius 2 is 1.54 bits per heavy atom. The van der Waals surface area contributed by atoms with E-state index in [1.807, 2.05) is 0 Å². The van der Waals surface area contributed by atoms with Crippen molar-refractivity contribution in [3.8, 4) is 0 Å². The van der Waals surface area contributed by atoms with Crippen molar-refractivity contribution in [1.82, 2.24) is 0 Å². The Hall–Kier alpha value is -1.97. The molecule has 0 aliphatic carbocycles. The predicted molar refractivity (Wildman–Crippen MR) is 81.7 cm³/mol. The van der Waals surface area contributed by atoms with Crippen molar-refractivity contribution in [2.75, 3.05) is 18.5 Å². The fourth-order valence-electron chi connectivity index (χ4n) is 2.37. The van der Waals surface area contributed by atoms with E-state index >= 15 is 0 Å². The summed E-state index contributed by atoms with van der Waals surface area (Å²) < 4.78 is 82.7. The lowest BCUT2D eigenvalue weighted by molar-refractivity contribution is -0.376. The Labute approximate surface area is 146 Å². The molecule has 1 aromatic carbocycles. The fourth-order valence-corrected chi connectivity index (χ4v) is 2.37. The first-order valence-electron chi connectivity index (χ1n) is 7.62. The number of hydrogen-bond donors (Lipinski definition) is 2. The monoisotopic (exact) mass is 387 g/mol. The number of hydrogen-bond acceptors (Lipinski definition) is 4. The van der Waals surface area contributed by atoms with Gasteiger partial charge in [-0.25, -0.2) is 0 Å². The number of ether oxygens (including phenoxy) is 1. The van der Waals surface area contributed by atoms with Gasteiger partial charge in [0, 0.05) is 11.3 Å². The van der Waals surface area contributed by atoms with Gasteiger partial charge in [0.2, 0.25) is 0 Å². The van der Waals surface area contributed by atoms with Gasteiger partial charge in [-0.3, -0.25) is 4.79 Å². The molecule has 0 aromatic heterocycles. The second kappa shape index (κ2) is 7.73. The normalized spacial score (nSPS) is 12.8. The van der Waals surface area contributed by atoms with Crippen LogP contribution in [0.15, 0.2) is 12.1 Å². The van der Waals surface area contributed by atoms with Gasteiger partial charge in [0.25, 0.3) is 5.60 Å². The maximum atomic E-state index is 13.0. The third-order valence-electron chi connectivity index (χ3n) is 3.65. The lowest BCUT2D eigenvalue weighted by atomic mass is 9.89. The number of anilines is 1. The molecule has 0 unspecified atom stereocenters. The van der Waals surface area contributed by atoms with Gasteiger partial charge in [0.05, 0.1) is 6.61 Å². The topological polar surface area (TPSA) is 58.6 Å². The molecule has 0 atom stereocenters. The van der Waals surface area contributed by atoms with E-state index in [0.717, 1.165) is 0 Å². The Morgan fingerprint density at radius 3 is 1.92 bits per heavy atom. The highest BCUT2D eigenvalue weighted by atomic mass is 19.4. The van der Waals surface area contributed by atoms with E-state index in [9.17, 15) is 36.2 Å². The van der Waals surface area contributed by atoms with Gasteiger partial charge in [-0.1, -0.05) is 19.1 Å². The second-order valence-electron chi connectivity index (χ2n) is 5.76. The number of aliphatic hydroxyl groups is 1. The lowest BCUT2D eigenvalue weighted by Gasteiger charge is -2.33. The summed E-state index contributed by atoms with van der Waals surface area (Å²) in [4.78, 5) is 11.5. The SMILES string of the molecule is CCCOC(=O)CNc1c(C)cc(C(O)(C(F)(F)F)C(F)(F)F)cc1C. The highest BCUT2D eigenvalue weighted by molar-refractivity contribution is 5.76. The highest BCUT2D eigenvalue weighted by Gasteiger charge is 2.71. The summed E-state index contributed by atoms with van der Waals surface area (Å²) >= 11 is 0. The van der Waals surface area contributed by atoms with Gasteiger partial charge in [0.1, 0.15) is 6.54 Å². The Bertz CT molecular complexity index is 617. The number of carbonyl (C=O) groups excluding carboxylic acids is 1. The van der Waals surface area contributed by atoms with Crippen molar-refractivity contribution in [3.05, 3.63) is 28.8 Å². The van der Waals surface area contributed by atoms with Gasteiger partial charge in [-0.2, -0.15) is 26.3 Å². The summed E-state index contributed by atoms with van der Waals surface area (Å²) in [6.45, 7) is 4.22. The number of benzene rings is 1. The van der Waals surface area contributed by atoms with Crippen LogP contribution in [-0.2, 0) is 15.1 Å². The predicted octanol–water partition coefficient (Wildman–Crippen LogP) is 3.98. The number of nitrogens with one attached hydrogen (secondary N) is 1. The molecule has 1 aromatic rings. The standard InChI is InChI=1S/C16H19F6NO3/c1-4-5-26-12(24)8-23-13-9(2)6-11(7-10(13)3)14(25,15(17,18)19)16(20,21)22/h6-7,23,25H,4-5,8H2,1-3H3. The molecule has 10 heteroatoms. The van der Waals surface area contributed by atoms with Crippen LogP contribution in [0, 0.1) is 13.8 Å². The van der Waals surface area contributed by atoms with E-state index < -0.39 is 29.5 Å². The third-order valence-corrected chi connectivity index (χ3v) is 3.65. The van der Waals surface area contributed by atoms with Crippen LogP contribution in [0.2, 0.25) is 0 Å². The minimum absolute atomic E-state index is 0.00946. The number of alkyl halides is 6. The van der Waals surface area contributed by atoms with Gasteiger partial charge in [-0.05, 0) is 31.4 Å². The van der Waals surface area contributed by atoms with Crippen LogP contribution in [-0.4, -0.2) is 36.6 Å². The van der Waals surface area contributed by atoms with Crippen LogP contribution in [0.3, 0.4) is 0 Å². The number of carbonyl (C=O) groups is 1. The van der Waals surface area contributed by atoms with Crippen LogP contribution >= 0.6 is 0 Å². The van der Waals surface area contributed by atoms with Crippen molar-refractivity contribution in [2.45, 2.75) is 45.1 Å². The van der Waals surface area contributed by atoms with Gasteiger partial charge < -0.3 is 15.2 Å². The zero-order chi connectivity index (χ0) is 20.3. The molecule has 148 valence electrons. The van der Waals surface area contributed by atoms with E-state index in [1.165, 1.54) is 13.8 Å². The molecule has 2 N–H and O–H groups in total. The van der Waals surface area contributed by atoms with Gasteiger partial charge in [0.15, 0.2) is 0 Å². The van der Waals surface area contributed by atoms with Crippen molar-refractivity contribution in [2.24, 2.45) is 0 Å². The number of esters is 1. The van der Waals surface area contributed by atoms with Crippen LogP contribution < -0.4 is 5.32 Å². The molecule has 0 saturated heterocycles. The van der Waals surface area contributed by atoms with Crippen LogP contribution in [0.5, 0.6) is 0 Å². The van der Waals surface area contributed by atoms with E-state index in [2.05, 4.69) is 5.32 Å². The molecule has 0 fully saturated rings. The van der Waals surface area contributed by atoms with Crippen molar-refractivity contribution < 1.29 is 41.0 Å². The zero-order valence-electron chi connectivity index (χ0n) is 14.3. The molecular formula is C16H19F6NO3. The Morgan fingerprint density at radius 1 is 1.08 bits per heavy atom. The van der Waals surface area contributed by atoms with E-state index in [4.69, 9.17) is 4.74 Å². The summed E-state index contributed by atoms with van der Waals surface area (Å²) in [5.41, 5.74) is -6.13. The molecule has 1 rings (SSSR count). The van der Waals surface area contributed by atoms with E-state index in [0.29, 0.717) is 18.6 Å². The minimum Gasteiger partial charge on any atom is -0.464 e. The minimum atomic E-state index is -5.96. The van der Waals surface area contributed by atoms with Crippen LogP contribution in [0.4, 0.5) is 32.0 Å². The number of halogens is 6. The first-order valence-corrected chi connectivity index (χ1v) is 7.62. The first-order chi connectivity index (χ1) is 11.8. The average molecular weight is 387 g/mol. The van der Waals surface area contributed by atoms with Crippen LogP contribution in [0.25, 0.3) is 0 Å². The highest BCUT2D eigenvalue weighted by Crippen LogP contribution is 2.50. The molecule has 4 nitrogen and oxygen atoms in total. The zero-order valence-corrected chi connectivity index (χ0v) is 14.3. The van der Waals surface area contributed by atoms with Crippen molar-refractivity contribution in [1.29, 1.82) is 0 Å². The van der Waals surface area contributed by atoms with E-state index in [1.54, 1.807) is 6.92 Å². The average Bonchev–Trinajstić information content (AvgIpc) is 2.48. The molecule has 0 bridgehead atoms. The summed E-state index contributed by atoms with van der Waals surface area (Å²) in [5.74, 6) is -0.614. The maximum absolute atomic E-state index is 13.0. The molecule has 0 radical (unpaired) electrons. The number of aryl methyl sites for hydroxylation is 2. The van der Waals surface area contributed by atoms with Gasteiger partial charge in [-0.15, -0.1) is 0 Å². The molecule has 0 spiro atoms. The summed E-state index contributed by atoms with van der Waals surface area (Å²) in [7, 11) is 0. The fraction of sp³-hybridized carbons (Fsp3) is 0.562. The Balaban J connectivity index is 3.22. The molecule has 0 heterocycles. The summed E-state index contributed by atoms with van der Waals surface area (Å²) in [6, 6.07) is 1.18. The quantitative estimate of drug-likeness (QED) is 0.573. The van der Waals surface area contributed by atoms with Crippen LogP contribution in [0.1, 0.15) is 30.0 Å². The Kier molecular flexibility index (Phi) is 6.56. The molecule has 0 amide bonds. The molecule has 0 aliphatic heterocycles. The maximum Gasteiger partial charge on any atom is 0.430 e. The molecule has 0 aliphatic rings. The largest absolute Gasteiger partial charge is 0.464 e. The number of rotatable bonds is 6. The van der Waals surface area contributed by atoms with Crippen molar-refractivity contribution >= 4 is 11.7 Å². The molecule has 0 saturated carbocycles. The van der Waals surface area contributed by atoms with Gasteiger partial charge >= 0.3 is 18.3 Å². The molecular weight excluding hydrogens is 368 g/mol. The third kappa shape index (κ3) is 4.40. The summed E-state index contributed by atoms with van der Waals surface area (Å²) in [6.07, 6.45) is -11.3. The lowest BCUT2D eigenvalue weighted by Crippen LogP contribution is -2.54. The molecule has 26 heavy (non-hydrogen) atoms. The summed E-state index contributed by atoms with van der Waals surface area (Å²) in [5, 5.41) is 12.1. The van der Waals surface area contributed by atoms with E-state index in [-0.39, 0.29) is 30.0 Å². The smallest absolute Gasteiger partial charge is 0.430 e. The van der Waals surface area contributed by atoms with Crippen molar-refractivity contribution in [3.63, 3.8) is 0 Å². The second-order valence-corrected chi connectivity index (χ2v) is 5.76.